The third kappa shape index (κ3) is 7.18. The molecule has 0 saturated heterocycles. The zero-order valence-corrected chi connectivity index (χ0v) is 12.3. The molecule has 0 heterocycles. The quantitative estimate of drug-likeness (QED) is 0.704. The summed E-state index contributed by atoms with van der Waals surface area (Å²) in [5, 5.41) is 0. The van der Waals surface area contributed by atoms with Crippen molar-refractivity contribution in [2.45, 2.75) is 26.2 Å². The highest BCUT2D eigenvalue weighted by atomic mass is 32.2. The molecule has 1 aromatic rings. The van der Waals surface area contributed by atoms with Crippen LogP contribution in [0.1, 0.15) is 24.8 Å². The van der Waals surface area contributed by atoms with Crippen LogP contribution in [0.15, 0.2) is 24.3 Å². The van der Waals surface area contributed by atoms with Gasteiger partial charge in [-0.15, -0.1) is 0 Å². The van der Waals surface area contributed by atoms with Crippen LogP contribution in [0, 0.1) is 6.92 Å². The summed E-state index contributed by atoms with van der Waals surface area (Å²) in [4.78, 5) is 0. The number of unbranched alkanes of at least 4 members (excludes halogenated alkanes) is 1. The van der Waals surface area contributed by atoms with E-state index in [0.29, 0.717) is 26.0 Å². The van der Waals surface area contributed by atoms with E-state index >= 15 is 0 Å². The Hall–Kier alpha value is -1.07. The van der Waals surface area contributed by atoms with Crippen molar-refractivity contribution < 1.29 is 13.2 Å². The molecule has 0 amide bonds. The van der Waals surface area contributed by atoms with Crippen LogP contribution >= 0.6 is 0 Å². The monoisotopic (exact) mass is 285 g/mol. The van der Waals surface area contributed by atoms with E-state index in [9.17, 15) is 8.42 Å². The molecule has 0 spiro atoms. The van der Waals surface area contributed by atoms with Crippen molar-refractivity contribution in [3.8, 4) is 5.75 Å². The number of rotatable bonds is 9. The van der Waals surface area contributed by atoms with Crippen LogP contribution in [-0.2, 0) is 9.84 Å². The average molecular weight is 285 g/mol. The second kappa shape index (κ2) is 8.17. The highest BCUT2D eigenvalue weighted by Crippen LogP contribution is 2.11. The van der Waals surface area contributed by atoms with E-state index < -0.39 is 9.84 Å². The molecule has 0 radical (unpaired) electrons. The zero-order chi connectivity index (χ0) is 14.1. The lowest BCUT2D eigenvalue weighted by atomic mass is 10.2. The van der Waals surface area contributed by atoms with E-state index in [1.54, 1.807) is 0 Å². The number of sulfone groups is 1. The van der Waals surface area contributed by atoms with Gasteiger partial charge in [0.1, 0.15) is 15.6 Å². The SMILES string of the molecule is Cc1ccc(OCCCS(=O)(=O)CCCCN)cc1. The normalized spacial score (nSPS) is 11.5. The Kier molecular flexibility index (Phi) is 6.87. The van der Waals surface area contributed by atoms with E-state index in [0.717, 1.165) is 12.2 Å². The van der Waals surface area contributed by atoms with Crippen molar-refractivity contribution in [2.24, 2.45) is 5.73 Å². The first-order valence-corrected chi connectivity index (χ1v) is 8.45. The lowest BCUT2D eigenvalue weighted by Crippen LogP contribution is -2.14. The van der Waals surface area contributed by atoms with E-state index in [2.05, 4.69) is 0 Å². The molecule has 0 aliphatic carbocycles. The van der Waals surface area contributed by atoms with Gasteiger partial charge in [-0.25, -0.2) is 8.42 Å². The van der Waals surface area contributed by atoms with E-state index in [1.165, 1.54) is 5.56 Å². The van der Waals surface area contributed by atoms with Crippen LogP contribution in [-0.4, -0.2) is 33.1 Å². The maximum atomic E-state index is 11.7. The maximum Gasteiger partial charge on any atom is 0.150 e. The van der Waals surface area contributed by atoms with Crippen molar-refractivity contribution in [1.82, 2.24) is 0 Å². The van der Waals surface area contributed by atoms with E-state index in [-0.39, 0.29) is 11.5 Å². The molecular formula is C14H23NO3S. The summed E-state index contributed by atoms with van der Waals surface area (Å²) in [5.74, 6) is 1.20. The van der Waals surface area contributed by atoms with Gasteiger partial charge >= 0.3 is 0 Å². The van der Waals surface area contributed by atoms with Crippen LogP contribution in [0.25, 0.3) is 0 Å². The molecule has 0 bridgehead atoms. The molecule has 19 heavy (non-hydrogen) atoms. The summed E-state index contributed by atoms with van der Waals surface area (Å²) < 4.78 is 28.8. The Morgan fingerprint density at radius 3 is 2.32 bits per heavy atom. The first-order valence-electron chi connectivity index (χ1n) is 6.63. The molecular weight excluding hydrogens is 262 g/mol. The van der Waals surface area contributed by atoms with Gasteiger partial charge in [-0.1, -0.05) is 17.7 Å². The molecule has 0 atom stereocenters. The van der Waals surface area contributed by atoms with Crippen LogP contribution in [0.4, 0.5) is 0 Å². The molecule has 1 aromatic carbocycles. The Bertz CT molecular complexity index is 454. The fourth-order valence-corrected chi connectivity index (χ4v) is 3.08. The summed E-state index contributed by atoms with van der Waals surface area (Å²) in [7, 11) is -2.95. The number of nitrogens with two attached hydrogens (primary N) is 1. The van der Waals surface area contributed by atoms with Gasteiger partial charge in [0.05, 0.1) is 18.1 Å². The average Bonchev–Trinajstić information content (AvgIpc) is 2.37. The topological polar surface area (TPSA) is 69.4 Å². The molecule has 0 aromatic heterocycles. The fraction of sp³-hybridized carbons (Fsp3) is 0.571. The van der Waals surface area contributed by atoms with Gasteiger partial charge in [0.2, 0.25) is 0 Å². The number of aryl methyl sites for hydroxylation is 1. The molecule has 0 unspecified atom stereocenters. The predicted molar refractivity (Wildman–Crippen MR) is 78.2 cm³/mol. The Morgan fingerprint density at radius 1 is 1.05 bits per heavy atom. The molecule has 4 nitrogen and oxygen atoms in total. The smallest absolute Gasteiger partial charge is 0.150 e. The summed E-state index contributed by atoms with van der Waals surface area (Å²) in [6.07, 6.45) is 1.94. The Morgan fingerprint density at radius 2 is 1.68 bits per heavy atom. The van der Waals surface area contributed by atoms with Crippen LogP contribution in [0.5, 0.6) is 5.75 Å². The van der Waals surface area contributed by atoms with E-state index in [1.807, 2.05) is 31.2 Å². The summed E-state index contributed by atoms with van der Waals surface area (Å²) >= 11 is 0. The number of hydrogen-bond donors (Lipinski definition) is 1. The van der Waals surface area contributed by atoms with Gasteiger partial charge in [0.15, 0.2) is 0 Å². The van der Waals surface area contributed by atoms with Gasteiger partial charge < -0.3 is 10.5 Å². The molecule has 5 heteroatoms. The van der Waals surface area contributed by atoms with Gasteiger partial charge in [0, 0.05) is 0 Å². The summed E-state index contributed by atoms with van der Waals surface area (Å²) in [5.41, 5.74) is 6.52. The highest BCUT2D eigenvalue weighted by Gasteiger charge is 2.09. The van der Waals surface area contributed by atoms with Crippen LogP contribution in [0.2, 0.25) is 0 Å². The summed E-state index contributed by atoms with van der Waals surface area (Å²) in [6.45, 7) is 2.99. The van der Waals surface area contributed by atoms with Crippen molar-refractivity contribution in [3.63, 3.8) is 0 Å². The number of benzene rings is 1. The van der Waals surface area contributed by atoms with Gasteiger partial charge in [-0.3, -0.25) is 0 Å². The third-order valence-electron chi connectivity index (χ3n) is 2.80. The second-order valence-electron chi connectivity index (χ2n) is 4.66. The van der Waals surface area contributed by atoms with Crippen molar-refractivity contribution >= 4 is 9.84 Å². The molecule has 1 rings (SSSR count). The van der Waals surface area contributed by atoms with Crippen LogP contribution < -0.4 is 10.5 Å². The first kappa shape index (κ1) is 16.0. The Labute approximate surface area is 115 Å². The van der Waals surface area contributed by atoms with Crippen molar-refractivity contribution in [3.05, 3.63) is 29.8 Å². The molecule has 0 saturated carbocycles. The molecule has 108 valence electrons. The standard InChI is InChI=1S/C14H23NO3S/c1-13-5-7-14(8-6-13)18-10-4-12-19(16,17)11-3-2-9-15/h5-8H,2-4,9-12,15H2,1H3. The number of ether oxygens (including phenoxy) is 1. The van der Waals surface area contributed by atoms with E-state index in [4.69, 9.17) is 10.5 Å². The minimum absolute atomic E-state index is 0.184. The van der Waals surface area contributed by atoms with Gasteiger partial charge in [-0.2, -0.15) is 0 Å². The van der Waals surface area contributed by atoms with Crippen LogP contribution in [0.3, 0.4) is 0 Å². The maximum absolute atomic E-state index is 11.7. The van der Waals surface area contributed by atoms with Gasteiger partial charge in [0.25, 0.3) is 0 Å². The fourth-order valence-electron chi connectivity index (χ4n) is 1.67. The highest BCUT2D eigenvalue weighted by molar-refractivity contribution is 7.91. The largest absolute Gasteiger partial charge is 0.494 e. The Balaban J connectivity index is 2.21. The summed E-state index contributed by atoms with van der Waals surface area (Å²) in [6, 6.07) is 7.73. The van der Waals surface area contributed by atoms with Gasteiger partial charge in [-0.05, 0) is 44.9 Å². The zero-order valence-electron chi connectivity index (χ0n) is 11.5. The third-order valence-corrected chi connectivity index (χ3v) is 4.62. The lowest BCUT2D eigenvalue weighted by Gasteiger charge is -2.07. The van der Waals surface area contributed by atoms with Crippen molar-refractivity contribution in [1.29, 1.82) is 0 Å². The predicted octanol–water partition coefficient (Wildman–Crippen LogP) is 1.92. The number of hydrogen-bond acceptors (Lipinski definition) is 4. The first-order chi connectivity index (χ1) is 9.03. The second-order valence-corrected chi connectivity index (χ2v) is 6.97. The molecule has 0 aliphatic rings. The molecule has 0 fully saturated rings. The molecule has 0 aliphatic heterocycles. The lowest BCUT2D eigenvalue weighted by molar-refractivity contribution is 0.317. The van der Waals surface area contributed by atoms with Crippen molar-refractivity contribution in [2.75, 3.05) is 24.7 Å². The minimum Gasteiger partial charge on any atom is -0.494 e. The minimum atomic E-state index is -2.95. The molecule has 2 N–H and O–H groups in total.